The fourth-order valence-electron chi connectivity index (χ4n) is 3.41. The summed E-state index contributed by atoms with van der Waals surface area (Å²) in [7, 11) is 1.61. The molecule has 0 saturated carbocycles. The number of nitrogens with zero attached hydrogens (tertiary/aromatic N) is 2. The highest BCUT2D eigenvalue weighted by Gasteiger charge is 2.28. The number of hydrogen-bond acceptors (Lipinski definition) is 6. The molecule has 184 valence electrons. The van der Waals surface area contributed by atoms with Gasteiger partial charge in [0.1, 0.15) is 16.3 Å². The highest BCUT2D eigenvalue weighted by Crippen LogP contribution is 2.34. The second kappa shape index (κ2) is 10.9. The van der Waals surface area contributed by atoms with Crippen LogP contribution in [0.3, 0.4) is 0 Å². The summed E-state index contributed by atoms with van der Waals surface area (Å²) >= 11 is 1.26. The third kappa shape index (κ3) is 6.17. The predicted molar refractivity (Wildman–Crippen MR) is 136 cm³/mol. The van der Waals surface area contributed by atoms with Crippen LogP contribution in [0.1, 0.15) is 47.3 Å². The number of carboxylic acids is 1. The fraction of sp³-hybridized carbons (Fsp3) is 0.308. The molecule has 8 nitrogen and oxygen atoms in total. The van der Waals surface area contributed by atoms with Crippen molar-refractivity contribution in [3.05, 3.63) is 65.5 Å². The number of hydrogen-bond donors (Lipinski definition) is 2. The summed E-state index contributed by atoms with van der Waals surface area (Å²) in [6.07, 6.45) is 0. The lowest BCUT2D eigenvalue weighted by Crippen LogP contribution is -2.26. The molecule has 2 N–H and O–H groups in total. The third-order valence-electron chi connectivity index (χ3n) is 5.50. The van der Waals surface area contributed by atoms with Crippen LogP contribution in [0.4, 0.5) is 5.69 Å². The van der Waals surface area contributed by atoms with Gasteiger partial charge in [0.05, 0.1) is 6.61 Å². The van der Waals surface area contributed by atoms with Crippen LogP contribution >= 0.6 is 11.8 Å². The topological polar surface area (TPSA) is 111 Å². The van der Waals surface area contributed by atoms with Crippen LogP contribution in [0.25, 0.3) is 11.4 Å². The molecule has 0 saturated heterocycles. The third-order valence-corrected chi connectivity index (χ3v) is 6.70. The van der Waals surface area contributed by atoms with Crippen LogP contribution in [0, 0.1) is 6.92 Å². The van der Waals surface area contributed by atoms with Crippen LogP contribution in [0.5, 0.6) is 0 Å². The van der Waals surface area contributed by atoms with Gasteiger partial charge in [-0.2, -0.15) is 0 Å². The molecule has 0 fully saturated rings. The number of amides is 1. The van der Waals surface area contributed by atoms with E-state index in [1.165, 1.54) is 18.7 Å². The van der Waals surface area contributed by atoms with Gasteiger partial charge in [-0.05, 0) is 64.1 Å². The van der Waals surface area contributed by atoms with Gasteiger partial charge in [-0.1, -0.05) is 12.1 Å². The van der Waals surface area contributed by atoms with Gasteiger partial charge in [0, 0.05) is 41.1 Å². The van der Waals surface area contributed by atoms with Crippen molar-refractivity contribution in [1.29, 1.82) is 0 Å². The van der Waals surface area contributed by atoms with Crippen molar-refractivity contribution in [1.82, 2.24) is 9.55 Å². The van der Waals surface area contributed by atoms with Crippen molar-refractivity contribution in [2.45, 2.75) is 43.9 Å². The molecular weight excluding hydrogens is 466 g/mol. The van der Waals surface area contributed by atoms with Crippen LogP contribution < -0.4 is 5.32 Å². The Morgan fingerprint density at radius 2 is 1.71 bits per heavy atom. The maximum absolute atomic E-state index is 13.1. The zero-order valence-corrected chi connectivity index (χ0v) is 21.2. The quantitative estimate of drug-likeness (QED) is 0.303. The number of carbonyl (C=O) groups excluding carboxylic acids is 2. The monoisotopic (exact) mass is 495 g/mol. The maximum Gasteiger partial charge on any atom is 0.319 e. The number of anilines is 1. The molecule has 0 radical (unpaired) electrons. The lowest BCUT2D eigenvalue weighted by atomic mass is 10.1. The molecule has 3 aromatic rings. The molecule has 0 bridgehead atoms. The van der Waals surface area contributed by atoms with Crippen molar-refractivity contribution in [2.75, 3.05) is 19.0 Å². The summed E-state index contributed by atoms with van der Waals surface area (Å²) in [6, 6.07) is 14.1. The smallest absolute Gasteiger partial charge is 0.319 e. The summed E-state index contributed by atoms with van der Waals surface area (Å²) in [5.74, 6) is -0.670. The number of ether oxygens (including phenoxy) is 1. The molecule has 2 aromatic carbocycles. The van der Waals surface area contributed by atoms with E-state index in [4.69, 9.17) is 4.74 Å². The lowest BCUT2D eigenvalue weighted by molar-refractivity contribution is -0.138. The average molecular weight is 496 g/mol. The number of thioether (sulfide) groups is 1. The standard InChI is InChI=1S/C26H29N3O5S/c1-16-22(24(31)27-20-10-6-18(7-11-20)17(2)30)28-23(29(16)14-15-34-5)19-8-12-21(13-9-19)35-26(3,4)25(32)33/h6-13H,14-15H2,1-5H3,(H,27,31)(H,32,33). The highest BCUT2D eigenvalue weighted by molar-refractivity contribution is 8.01. The van der Waals surface area contributed by atoms with Crippen LogP contribution in [-0.2, 0) is 16.1 Å². The molecule has 0 atom stereocenters. The van der Waals surface area contributed by atoms with E-state index in [1.54, 1.807) is 45.2 Å². The number of Topliss-reactive ketones (excluding diaryl/α,β-unsaturated/α-hetero) is 1. The molecule has 35 heavy (non-hydrogen) atoms. The first-order valence-corrected chi connectivity index (χ1v) is 11.9. The zero-order chi connectivity index (χ0) is 25.8. The number of nitrogens with one attached hydrogen (secondary N) is 1. The first-order valence-electron chi connectivity index (χ1n) is 11.0. The van der Waals surface area contributed by atoms with Crippen molar-refractivity contribution >= 4 is 35.1 Å². The maximum atomic E-state index is 13.1. The van der Waals surface area contributed by atoms with E-state index < -0.39 is 10.7 Å². The van der Waals surface area contributed by atoms with Gasteiger partial charge in [0.2, 0.25) is 0 Å². The first kappa shape index (κ1) is 26.2. The van der Waals surface area contributed by atoms with Gasteiger partial charge in [0.25, 0.3) is 5.91 Å². The van der Waals surface area contributed by atoms with E-state index in [0.717, 1.165) is 10.5 Å². The van der Waals surface area contributed by atoms with Crippen molar-refractivity contribution in [2.24, 2.45) is 0 Å². The molecule has 0 aliphatic carbocycles. The molecule has 1 amide bonds. The predicted octanol–water partition coefficient (Wildman–Crippen LogP) is 4.92. The van der Waals surface area contributed by atoms with E-state index in [0.29, 0.717) is 35.9 Å². The number of aliphatic carboxylic acids is 1. The number of carboxylic acid groups (broad SMARTS) is 1. The molecule has 9 heteroatoms. The Morgan fingerprint density at radius 1 is 1.09 bits per heavy atom. The summed E-state index contributed by atoms with van der Waals surface area (Å²) in [5, 5.41) is 12.2. The SMILES string of the molecule is COCCn1c(-c2ccc(SC(C)(C)C(=O)O)cc2)nc(C(=O)Nc2ccc(C(C)=O)cc2)c1C. The van der Waals surface area contributed by atoms with E-state index in [-0.39, 0.29) is 17.4 Å². The molecule has 0 spiro atoms. The Morgan fingerprint density at radius 3 is 2.26 bits per heavy atom. The van der Waals surface area contributed by atoms with Gasteiger partial charge >= 0.3 is 5.97 Å². The van der Waals surface area contributed by atoms with Crippen LogP contribution in [0.15, 0.2) is 53.4 Å². The highest BCUT2D eigenvalue weighted by atomic mass is 32.2. The summed E-state index contributed by atoms with van der Waals surface area (Å²) in [6.45, 7) is 7.59. The number of ketones is 1. The Bertz CT molecular complexity index is 1230. The van der Waals surface area contributed by atoms with Gasteiger partial charge < -0.3 is 19.7 Å². The average Bonchev–Trinajstić information content (AvgIpc) is 3.14. The molecule has 0 aliphatic rings. The minimum atomic E-state index is -0.955. The number of methoxy groups -OCH3 is 1. The molecule has 0 aliphatic heterocycles. The van der Waals surface area contributed by atoms with Gasteiger partial charge in [0.15, 0.2) is 5.78 Å². The number of carbonyl (C=O) groups is 3. The van der Waals surface area contributed by atoms with Crippen molar-refractivity contribution in [3.63, 3.8) is 0 Å². The number of aromatic nitrogens is 2. The van der Waals surface area contributed by atoms with Gasteiger partial charge in [-0.15, -0.1) is 11.8 Å². The second-order valence-electron chi connectivity index (χ2n) is 8.54. The van der Waals surface area contributed by atoms with Crippen LogP contribution in [-0.4, -0.2) is 50.8 Å². The second-order valence-corrected chi connectivity index (χ2v) is 10.2. The molecular formula is C26H29N3O5S. The van der Waals surface area contributed by atoms with Crippen molar-refractivity contribution < 1.29 is 24.2 Å². The summed E-state index contributed by atoms with van der Waals surface area (Å²) < 4.78 is 6.22. The van der Waals surface area contributed by atoms with Crippen molar-refractivity contribution in [3.8, 4) is 11.4 Å². The van der Waals surface area contributed by atoms with E-state index in [1.807, 2.05) is 35.8 Å². The van der Waals surface area contributed by atoms with E-state index >= 15 is 0 Å². The molecule has 0 unspecified atom stereocenters. The van der Waals surface area contributed by atoms with E-state index in [2.05, 4.69) is 10.3 Å². The Kier molecular flexibility index (Phi) is 8.14. The fourth-order valence-corrected chi connectivity index (χ4v) is 4.36. The largest absolute Gasteiger partial charge is 0.480 e. The Balaban J connectivity index is 1.90. The minimum absolute atomic E-state index is 0.0452. The number of benzene rings is 2. The van der Waals surface area contributed by atoms with Gasteiger partial charge in [-0.25, -0.2) is 4.98 Å². The summed E-state index contributed by atoms with van der Waals surface area (Å²) in [5.41, 5.74) is 2.91. The van der Waals surface area contributed by atoms with E-state index in [9.17, 15) is 19.5 Å². The number of imidazole rings is 1. The minimum Gasteiger partial charge on any atom is -0.480 e. The first-order chi connectivity index (χ1) is 16.5. The molecule has 1 aromatic heterocycles. The number of rotatable bonds is 10. The zero-order valence-electron chi connectivity index (χ0n) is 20.4. The normalized spacial score (nSPS) is 11.3. The lowest BCUT2D eigenvalue weighted by Gasteiger charge is -2.18. The van der Waals surface area contributed by atoms with Gasteiger partial charge in [-0.3, -0.25) is 14.4 Å². The Hall–Kier alpha value is -3.43. The molecule has 1 heterocycles. The van der Waals surface area contributed by atoms with Crippen LogP contribution in [0.2, 0.25) is 0 Å². The molecule has 3 rings (SSSR count). The Labute approximate surface area is 208 Å². The summed E-state index contributed by atoms with van der Waals surface area (Å²) in [4.78, 5) is 41.5.